The van der Waals surface area contributed by atoms with Crippen LogP contribution in [0.2, 0.25) is 5.02 Å². The SMILES string of the molecule is CC(C)(C)OC(=O)NC1CN(C(=O)c2ccc(N3CCC(C4CCN(C(=O)[C@](O)(c5ccccc5)C(F)(F)C(F)(F)F)CC4)CC3)cc2Cl)C1. The summed E-state index contributed by atoms with van der Waals surface area (Å²) in [5, 5.41) is 13.9. The standard InChI is InChI=1S/C35H42ClF5N4O5/c1-32(2,3)50-31(48)42-25-20-45(21-25)29(46)27-10-9-26(19-28(27)36)43-15-11-22(12-16-43)23-13-17-44(18-14-23)30(47)33(49,24-7-5-4-6-8-24)34(37,38)35(39,40)41/h4-10,19,22-23,25,49H,11-18,20-21H2,1-3H3,(H,42,48)/t33-/m1/s1. The number of nitrogens with zero attached hydrogens (tertiary/aromatic N) is 3. The van der Waals surface area contributed by atoms with Gasteiger partial charge in [0, 0.05) is 45.0 Å². The lowest BCUT2D eigenvalue weighted by atomic mass is 9.78. The molecule has 50 heavy (non-hydrogen) atoms. The second kappa shape index (κ2) is 14.2. The van der Waals surface area contributed by atoms with Crippen LogP contribution in [0.25, 0.3) is 0 Å². The lowest BCUT2D eigenvalue weighted by Gasteiger charge is -2.44. The average molecular weight is 729 g/mol. The van der Waals surface area contributed by atoms with E-state index in [0.29, 0.717) is 49.6 Å². The molecular formula is C35H42ClF5N4O5. The molecule has 5 rings (SSSR count). The number of aliphatic hydroxyl groups is 1. The molecule has 2 aromatic carbocycles. The molecule has 3 amide bonds. The van der Waals surface area contributed by atoms with E-state index in [-0.39, 0.29) is 36.9 Å². The highest BCUT2D eigenvalue weighted by Crippen LogP contribution is 2.50. The second-order valence-corrected chi connectivity index (χ2v) is 14.7. The summed E-state index contributed by atoms with van der Waals surface area (Å²) in [7, 11) is 0. The molecule has 0 unspecified atom stereocenters. The first-order chi connectivity index (χ1) is 23.3. The Balaban J connectivity index is 1.12. The molecule has 3 aliphatic heterocycles. The van der Waals surface area contributed by atoms with Crippen molar-refractivity contribution in [2.75, 3.05) is 44.2 Å². The van der Waals surface area contributed by atoms with Crippen molar-refractivity contribution in [3.63, 3.8) is 0 Å². The van der Waals surface area contributed by atoms with Crippen molar-refractivity contribution in [1.29, 1.82) is 0 Å². The Kier molecular flexibility index (Phi) is 10.7. The van der Waals surface area contributed by atoms with Gasteiger partial charge in [0.25, 0.3) is 11.8 Å². The molecule has 1 atom stereocenters. The lowest BCUT2D eigenvalue weighted by molar-refractivity contribution is -0.339. The number of hydrogen-bond acceptors (Lipinski definition) is 6. The Bertz CT molecular complexity index is 1550. The van der Waals surface area contributed by atoms with Gasteiger partial charge in [-0.05, 0) is 82.1 Å². The van der Waals surface area contributed by atoms with Crippen LogP contribution in [0.5, 0.6) is 0 Å². The fourth-order valence-corrected chi connectivity index (χ4v) is 7.27. The number of alkyl carbamates (subject to hydrolysis) is 1. The zero-order valence-corrected chi connectivity index (χ0v) is 28.9. The van der Waals surface area contributed by atoms with Gasteiger partial charge in [-0.15, -0.1) is 0 Å². The van der Waals surface area contributed by atoms with Gasteiger partial charge in [0.2, 0.25) is 5.60 Å². The number of hydrogen-bond donors (Lipinski definition) is 2. The maximum absolute atomic E-state index is 14.8. The number of nitrogens with one attached hydrogen (secondary N) is 1. The summed E-state index contributed by atoms with van der Waals surface area (Å²) < 4.78 is 75.3. The van der Waals surface area contributed by atoms with Gasteiger partial charge in [-0.1, -0.05) is 41.9 Å². The van der Waals surface area contributed by atoms with Crippen LogP contribution in [-0.2, 0) is 15.1 Å². The van der Waals surface area contributed by atoms with Crippen LogP contribution >= 0.6 is 11.6 Å². The summed E-state index contributed by atoms with van der Waals surface area (Å²) in [6.45, 7) is 7.25. The van der Waals surface area contributed by atoms with Crippen molar-refractivity contribution < 1.29 is 46.2 Å². The Hall–Kier alpha value is -3.65. The predicted octanol–water partition coefficient (Wildman–Crippen LogP) is 6.23. The molecule has 3 aliphatic rings. The molecule has 0 bridgehead atoms. The van der Waals surface area contributed by atoms with Crippen molar-refractivity contribution in [2.24, 2.45) is 11.8 Å². The number of ether oxygens (including phenoxy) is 1. The van der Waals surface area contributed by atoms with Crippen LogP contribution in [0.1, 0.15) is 62.4 Å². The van der Waals surface area contributed by atoms with Gasteiger partial charge in [-0.2, -0.15) is 22.0 Å². The van der Waals surface area contributed by atoms with E-state index >= 15 is 0 Å². The minimum Gasteiger partial charge on any atom is -0.444 e. The van der Waals surface area contributed by atoms with Crippen LogP contribution in [0.15, 0.2) is 48.5 Å². The van der Waals surface area contributed by atoms with E-state index in [0.717, 1.165) is 35.6 Å². The molecule has 2 aromatic rings. The molecule has 0 radical (unpaired) electrons. The predicted molar refractivity (Wildman–Crippen MR) is 176 cm³/mol. The van der Waals surface area contributed by atoms with Crippen LogP contribution in [0.3, 0.4) is 0 Å². The van der Waals surface area contributed by atoms with E-state index in [4.69, 9.17) is 16.3 Å². The molecular weight excluding hydrogens is 687 g/mol. The van der Waals surface area contributed by atoms with Crippen LogP contribution in [-0.4, -0.2) is 95.8 Å². The number of piperidine rings is 2. The summed E-state index contributed by atoms with van der Waals surface area (Å²) in [5.74, 6) is -7.24. The van der Waals surface area contributed by atoms with Gasteiger partial charge in [-0.3, -0.25) is 9.59 Å². The van der Waals surface area contributed by atoms with Gasteiger partial charge < -0.3 is 29.9 Å². The van der Waals surface area contributed by atoms with E-state index in [1.165, 1.54) is 18.2 Å². The van der Waals surface area contributed by atoms with Crippen LogP contribution in [0, 0.1) is 11.8 Å². The van der Waals surface area contributed by atoms with E-state index in [1.807, 2.05) is 6.07 Å². The number of carbonyl (C=O) groups is 3. The highest BCUT2D eigenvalue weighted by Gasteiger charge is 2.74. The summed E-state index contributed by atoms with van der Waals surface area (Å²) in [6.07, 6.45) is -4.29. The van der Waals surface area contributed by atoms with E-state index in [2.05, 4.69) is 10.2 Å². The summed E-state index contributed by atoms with van der Waals surface area (Å²) in [5.41, 5.74) is -4.33. The van der Waals surface area contributed by atoms with Gasteiger partial charge >= 0.3 is 18.2 Å². The number of anilines is 1. The normalized spacial score (nSPS) is 19.8. The highest BCUT2D eigenvalue weighted by atomic mass is 35.5. The third-order valence-corrected chi connectivity index (χ3v) is 10.1. The number of rotatable bonds is 7. The molecule has 0 spiro atoms. The van der Waals surface area contributed by atoms with Gasteiger partial charge in [0.1, 0.15) is 5.60 Å². The third kappa shape index (κ3) is 7.65. The Labute approximate surface area is 292 Å². The first-order valence-corrected chi connectivity index (χ1v) is 17.0. The molecule has 9 nitrogen and oxygen atoms in total. The number of carbonyl (C=O) groups excluding carboxylic acids is 3. The van der Waals surface area contributed by atoms with Gasteiger partial charge in [0.15, 0.2) is 0 Å². The largest absolute Gasteiger partial charge is 0.457 e. The summed E-state index contributed by atoms with van der Waals surface area (Å²) in [6, 6.07) is 10.6. The van der Waals surface area contributed by atoms with Crippen molar-refractivity contribution in [3.8, 4) is 0 Å². The van der Waals surface area contributed by atoms with Crippen LogP contribution < -0.4 is 10.2 Å². The fourth-order valence-electron chi connectivity index (χ4n) is 7.01. The van der Waals surface area contributed by atoms with Crippen molar-refractivity contribution in [2.45, 2.75) is 75.8 Å². The van der Waals surface area contributed by atoms with Gasteiger partial charge in [0.05, 0.1) is 16.6 Å². The molecule has 3 fully saturated rings. The Morgan fingerprint density at radius 2 is 1.40 bits per heavy atom. The molecule has 3 heterocycles. The molecule has 2 N–H and O–H groups in total. The van der Waals surface area contributed by atoms with Crippen molar-refractivity contribution in [3.05, 3.63) is 64.7 Å². The quantitative estimate of drug-likeness (QED) is 0.328. The average Bonchev–Trinajstić information content (AvgIpc) is 3.04. The zero-order chi connectivity index (χ0) is 36.6. The smallest absolute Gasteiger partial charge is 0.444 e. The molecule has 0 aliphatic carbocycles. The molecule has 15 heteroatoms. The van der Waals surface area contributed by atoms with E-state index < -0.39 is 40.9 Å². The number of amides is 3. The number of halogens is 6. The highest BCUT2D eigenvalue weighted by molar-refractivity contribution is 6.34. The Morgan fingerprint density at radius 3 is 1.92 bits per heavy atom. The fraction of sp³-hybridized carbons (Fsp3) is 0.571. The molecule has 0 aromatic heterocycles. The van der Waals surface area contributed by atoms with Crippen molar-refractivity contribution >= 4 is 35.2 Å². The van der Waals surface area contributed by atoms with E-state index in [9.17, 15) is 41.4 Å². The topological polar surface area (TPSA) is 102 Å². The maximum atomic E-state index is 14.8. The van der Waals surface area contributed by atoms with Crippen molar-refractivity contribution in [1.82, 2.24) is 15.1 Å². The van der Waals surface area contributed by atoms with E-state index in [1.54, 1.807) is 37.8 Å². The zero-order valence-electron chi connectivity index (χ0n) is 28.1. The molecule has 0 saturated carbocycles. The third-order valence-electron chi connectivity index (χ3n) is 9.78. The second-order valence-electron chi connectivity index (χ2n) is 14.3. The number of benzene rings is 2. The molecule has 274 valence electrons. The minimum absolute atomic E-state index is 0.0489. The lowest BCUT2D eigenvalue weighted by Crippen LogP contribution is -2.63. The van der Waals surface area contributed by atoms with Crippen LogP contribution in [0.4, 0.5) is 32.4 Å². The minimum atomic E-state index is -6.15. The molecule has 3 saturated heterocycles. The number of alkyl halides is 5. The maximum Gasteiger partial charge on any atom is 0.457 e. The van der Waals surface area contributed by atoms with Gasteiger partial charge in [-0.25, -0.2) is 4.79 Å². The Morgan fingerprint density at radius 1 is 0.840 bits per heavy atom. The first kappa shape index (κ1) is 37.6. The summed E-state index contributed by atoms with van der Waals surface area (Å²) in [4.78, 5) is 43.0. The number of likely N-dealkylation sites (tertiary alicyclic amines) is 2. The first-order valence-electron chi connectivity index (χ1n) is 16.7. The summed E-state index contributed by atoms with van der Waals surface area (Å²) >= 11 is 6.55. The monoisotopic (exact) mass is 728 g/mol.